The van der Waals surface area contributed by atoms with Gasteiger partial charge in [0.2, 0.25) is 0 Å². The standard InChI is InChI=1S/C21H28N2/c1-2-3-4-5-6-7-8-9-14-20-21-18(15-16-22-20)17-12-10-11-13-19(17)23-21/h10-13,15-16,23H,2-9,14H2,1H3. The van der Waals surface area contributed by atoms with E-state index in [2.05, 4.69) is 47.2 Å². The molecule has 2 aromatic heterocycles. The van der Waals surface area contributed by atoms with E-state index in [1.165, 1.54) is 78.9 Å². The lowest BCUT2D eigenvalue weighted by Crippen LogP contribution is -1.92. The number of rotatable bonds is 9. The van der Waals surface area contributed by atoms with Crippen molar-refractivity contribution in [1.29, 1.82) is 0 Å². The Kier molecular flexibility index (Phi) is 5.68. The van der Waals surface area contributed by atoms with Gasteiger partial charge in [-0.3, -0.25) is 4.98 Å². The molecule has 0 aliphatic heterocycles. The molecule has 0 fully saturated rings. The first-order valence-corrected chi connectivity index (χ1v) is 9.24. The zero-order valence-electron chi connectivity index (χ0n) is 14.3. The van der Waals surface area contributed by atoms with Crippen molar-refractivity contribution < 1.29 is 0 Å². The van der Waals surface area contributed by atoms with Crippen LogP contribution < -0.4 is 0 Å². The SMILES string of the molecule is CCCCCCCCCCc1nccc2c1[nH]c1ccccc12. The number of H-pyrrole nitrogens is 1. The third kappa shape index (κ3) is 3.93. The molecule has 0 saturated carbocycles. The Morgan fingerprint density at radius 3 is 2.39 bits per heavy atom. The average molecular weight is 308 g/mol. The lowest BCUT2D eigenvalue weighted by atomic mass is 10.1. The lowest BCUT2D eigenvalue weighted by molar-refractivity contribution is 0.574. The van der Waals surface area contributed by atoms with E-state index in [1.54, 1.807) is 0 Å². The first-order valence-electron chi connectivity index (χ1n) is 9.24. The molecule has 3 aromatic rings. The second kappa shape index (κ2) is 8.14. The number of benzene rings is 1. The molecule has 1 N–H and O–H groups in total. The number of pyridine rings is 1. The summed E-state index contributed by atoms with van der Waals surface area (Å²) in [5, 5.41) is 2.62. The fourth-order valence-corrected chi connectivity index (χ4v) is 3.45. The van der Waals surface area contributed by atoms with Crippen molar-refractivity contribution in [2.75, 3.05) is 0 Å². The summed E-state index contributed by atoms with van der Waals surface area (Å²) in [6.07, 6.45) is 13.9. The maximum Gasteiger partial charge on any atom is 0.0684 e. The highest BCUT2D eigenvalue weighted by Crippen LogP contribution is 2.27. The van der Waals surface area contributed by atoms with Crippen molar-refractivity contribution in [3.63, 3.8) is 0 Å². The minimum Gasteiger partial charge on any atom is -0.353 e. The topological polar surface area (TPSA) is 28.7 Å². The van der Waals surface area contributed by atoms with Crippen molar-refractivity contribution in [3.05, 3.63) is 42.2 Å². The molecule has 2 heteroatoms. The molecule has 122 valence electrons. The van der Waals surface area contributed by atoms with Crippen LogP contribution in [0.2, 0.25) is 0 Å². The van der Waals surface area contributed by atoms with Crippen molar-refractivity contribution in [2.24, 2.45) is 0 Å². The van der Waals surface area contributed by atoms with Crippen molar-refractivity contribution in [1.82, 2.24) is 9.97 Å². The molecule has 1 aromatic carbocycles. The van der Waals surface area contributed by atoms with Gasteiger partial charge in [-0.15, -0.1) is 0 Å². The van der Waals surface area contributed by atoms with Crippen LogP contribution in [0, 0.1) is 0 Å². The van der Waals surface area contributed by atoms with Gasteiger partial charge in [-0.1, -0.05) is 70.1 Å². The van der Waals surface area contributed by atoms with E-state index in [9.17, 15) is 0 Å². The summed E-state index contributed by atoms with van der Waals surface area (Å²) < 4.78 is 0. The zero-order valence-corrected chi connectivity index (χ0v) is 14.3. The number of aryl methyl sites for hydroxylation is 1. The van der Waals surface area contributed by atoms with E-state index in [0.717, 1.165) is 6.42 Å². The summed E-state index contributed by atoms with van der Waals surface area (Å²) in [5.74, 6) is 0. The van der Waals surface area contributed by atoms with Crippen LogP contribution in [-0.4, -0.2) is 9.97 Å². The Bertz CT molecular complexity index is 742. The molecule has 0 amide bonds. The summed E-state index contributed by atoms with van der Waals surface area (Å²) in [6, 6.07) is 10.7. The molecule has 23 heavy (non-hydrogen) atoms. The van der Waals surface area contributed by atoms with Crippen LogP contribution in [0.3, 0.4) is 0 Å². The normalized spacial score (nSPS) is 11.5. The summed E-state index contributed by atoms with van der Waals surface area (Å²) in [4.78, 5) is 8.19. The van der Waals surface area contributed by atoms with Crippen LogP contribution in [0.25, 0.3) is 21.8 Å². The summed E-state index contributed by atoms with van der Waals surface area (Å²) in [5.41, 5.74) is 3.68. The lowest BCUT2D eigenvalue weighted by Gasteiger charge is -2.03. The van der Waals surface area contributed by atoms with Crippen LogP contribution >= 0.6 is 0 Å². The third-order valence-electron chi connectivity index (χ3n) is 4.77. The smallest absolute Gasteiger partial charge is 0.0684 e. The van der Waals surface area contributed by atoms with Gasteiger partial charge in [-0.25, -0.2) is 0 Å². The molecule has 0 atom stereocenters. The molecule has 2 nitrogen and oxygen atoms in total. The highest BCUT2D eigenvalue weighted by Gasteiger charge is 2.08. The number of aromatic nitrogens is 2. The quantitative estimate of drug-likeness (QED) is 0.455. The molecular weight excluding hydrogens is 280 g/mol. The number of unbranched alkanes of at least 4 members (excludes halogenated alkanes) is 7. The number of para-hydroxylation sites is 1. The van der Waals surface area contributed by atoms with E-state index < -0.39 is 0 Å². The van der Waals surface area contributed by atoms with Crippen LogP contribution in [0.15, 0.2) is 36.5 Å². The second-order valence-electron chi connectivity index (χ2n) is 6.58. The molecule has 0 saturated heterocycles. The van der Waals surface area contributed by atoms with Gasteiger partial charge in [0.1, 0.15) is 0 Å². The van der Waals surface area contributed by atoms with E-state index >= 15 is 0 Å². The summed E-state index contributed by atoms with van der Waals surface area (Å²) in [7, 11) is 0. The summed E-state index contributed by atoms with van der Waals surface area (Å²) >= 11 is 0. The minimum atomic E-state index is 1.08. The zero-order chi connectivity index (χ0) is 15.9. The second-order valence-corrected chi connectivity index (χ2v) is 6.58. The van der Waals surface area contributed by atoms with Crippen molar-refractivity contribution >= 4 is 21.8 Å². The number of aromatic amines is 1. The van der Waals surface area contributed by atoms with E-state index in [0.29, 0.717) is 0 Å². The van der Waals surface area contributed by atoms with Gasteiger partial charge in [0.25, 0.3) is 0 Å². The van der Waals surface area contributed by atoms with Gasteiger partial charge in [0.05, 0.1) is 11.2 Å². The van der Waals surface area contributed by atoms with Crippen LogP contribution in [-0.2, 0) is 6.42 Å². The van der Waals surface area contributed by atoms with Crippen molar-refractivity contribution in [3.8, 4) is 0 Å². The number of fused-ring (bicyclic) bond motifs is 3. The Morgan fingerprint density at radius 2 is 1.57 bits per heavy atom. The minimum absolute atomic E-state index is 1.08. The molecule has 0 aliphatic carbocycles. The molecule has 2 heterocycles. The maximum absolute atomic E-state index is 4.63. The molecular formula is C21H28N2. The molecule has 0 unspecified atom stereocenters. The average Bonchev–Trinajstić information content (AvgIpc) is 2.97. The predicted octanol–water partition coefficient (Wildman–Crippen LogP) is 6.40. The number of nitrogens with one attached hydrogen (secondary N) is 1. The molecule has 0 spiro atoms. The monoisotopic (exact) mass is 308 g/mol. The first kappa shape index (κ1) is 16.0. The van der Waals surface area contributed by atoms with Gasteiger partial charge >= 0.3 is 0 Å². The fraction of sp³-hybridized carbons (Fsp3) is 0.476. The molecule has 0 radical (unpaired) electrons. The van der Waals surface area contributed by atoms with Gasteiger partial charge in [0.15, 0.2) is 0 Å². The van der Waals surface area contributed by atoms with E-state index in [-0.39, 0.29) is 0 Å². The first-order chi connectivity index (χ1) is 11.4. The molecule has 3 rings (SSSR count). The number of nitrogens with zero attached hydrogens (tertiary/aromatic N) is 1. The maximum atomic E-state index is 4.63. The fourth-order valence-electron chi connectivity index (χ4n) is 3.45. The predicted molar refractivity (Wildman–Crippen MR) is 99.9 cm³/mol. The largest absolute Gasteiger partial charge is 0.353 e. The Morgan fingerprint density at radius 1 is 0.826 bits per heavy atom. The van der Waals surface area contributed by atoms with Crippen molar-refractivity contribution in [2.45, 2.75) is 64.7 Å². The van der Waals surface area contributed by atoms with Gasteiger partial charge < -0.3 is 4.98 Å². The highest BCUT2D eigenvalue weighted by molar-refractivity contribution is 6.07. The van der Waals surface area contributed by atoms with Crippen LogP contribution in [0.1, 0.15) is 64.0 Å². The Balaban J connectivity index is 1.56. The number of hydrogen-bond acceptors (Lipinski definition) is 1. The molecule has 0 aliphatic rings. The van der Waals surface area contributed by atoms with Crippen LogP contribution in [0.4, 0.5) is 0 Å². The van der Waals surface area contributed by atoms with Gasteiger partial charge in [0, 0.05) is 22.5 Å². The van der Waals surface area contributed by atoms with Gasteiger partial charge in [-0.2, -0.15) is 0 Å². The third-order valence-corrected chi connectivity index (χ3v) is 4.77. The molecule has 0 bridgehead atoms. The Hall–Kier alpha value is -1.83. The van der Waals surface area contributed by atoms with E-state index in [4.69, 9.17) is 0 Å². The van der Waals surface area contributed by atoms with Gasteiger partial charge in [-0.05, 0) is 25.0 Å². The van der Waals surface area contributed by atoms with E-state index in [1.807, 2.05) is 6.20 Å². The van der Waals surface area contributed by atoms with Crippen LogP contribution in [0.5, 0.6) is 0 Å². The summed E-state index contributed by atoms with van der Waals surface area (Å²) in [6.45, 7) is 2.28. The number of hydrogen-bond donors (Lipinski definition) is 1. The highest BCUT2D eigenvalue weighted by atomic mass is 14.8. The Labute approximate surface area is 139 Å².